The molecule has 3 aromatic carbocycles. The fourth-order valence-electron chi connectivity index (χ4n) is 5.07. The van der Waals surface area contributed by atoms with Crippen molar-refractivity contribution in [2.24, 2.45) is 0 Å². The lowest BCUT2D eigenvalue weighted by atomic mass is 9.96. The molecule has 6 nitrogen and oxygen atoms in total. The fourth-order valence-corrected chi connectivity index (χ4v) is 6.14. The van der Waals surface area contributed by atoms with E-state index in [2.05, 4.69) is 20.8 Å². The molecule has 0 bridgehead atoms. The van der Waals surface area contributed by atoms with Gasteiger partial charge in [0.1, 0.15) is 5.82 Å². The Balaban J connectivity index is 1.50. The van der Waals surface area contributed by atoms with Crippen molar-refractivity contribution in [1.29, 1.82) is 0 Å². The number of amides is 2. The fraction of sp³-hybridized carbons (Fsp3) is 0.323. The summed E-state index contributed by atoms with van der Waals surface area (Å²) in [6.07, 6.45) is 6.03. The summed E-state index contributed by atoms with van der Waals surface area (Å²) in [5, 5.41) is 16.8. The first kappa shape index (κ1) is 28.2. The van der Waals surface area contributed by atoms with Gasteiger partial charge >= 0.3 is 6.03 Å². The first-order chi connectivity index (χ1) is 19.5. The van der Waals surface area contributed by atoms with Gasteiger partial charge in [0.2, 0.25) is 0 Å². The summed E-state index contributed by atoms with van der Waals surface area (Å²) in [5.41, 5.74) is 3.89. The van der Waals surface area contributed by atoms with Crippen LogP contribution in [0.15, 0.2) is 78.0 Å². The van der Waals surface area contributed by atoms with Crippen LogP contribution in [0.3, 0.4) is 0 Å². The number of aryl methyl sites for hydroxylation is 1. The van der Waals surface area contributed by atoms with Gasteiger partial charge in [-0.05, 0) is 60.7 Å². The number of hydrogen-bond donors (Lipinski definition) is 2. The number of nitrogens with one attached hydrogen (secondary N) is 2. The molecule has 2 N–H and O–H groups in total. The molecule has 1 unspecified atom stereocenters. The van der Waals surface area contributed by atoms with Crippen LogP contribution in [0.1, 0.15) is 60.7 Å². The number of nitrogens with zero attached hydrogens (tertiary/aromatic N) is 3. The van der Waals surface area contributed by atoms with Crippen LogP contribution >= 0.6 is 23.4 Å². The summed E-state index contributed by atoms with van der Waals surface area (Å²) in [5.74, 6) is 0.932. The molecular formula is C31H33ClFN5OS. The van der Waals surface area contributed by atoms with E-state index in [1.54, 1.807) is 12.1 Å². The third-order valence-electron chi connectivity index (χ3n) is 7.19. The summed E-state index contributed by atoms with van der Waals surface area (Å²) in [6.45, 7) is 2.01. The predicted molar refractivity (Wildman–Crippen MR) is 158 cm³/mol. The number of halogens is 2. The molecule has 9 heteroatoms. The number of carbonyl (C=O) groups excluding carboxylic acids is 1. The van der Waals surface area contributed by atoms with E-state index in [9.17, 15) is 9.18 Å². The lowest BCUT2D eigenvalue weighted by Crippen LogP contribution is -2.45. The van der Waals surface area contributed by atoms with Crippen molar-refractivity contribution in [2.45, 2.75) is 68.4 Å². The Kier molecular flexibility index (Phi) is 9.39. The summed E-state index contributed by atoms with van der Waals surface area (Å²) >= 11 is 7.95. The number of thioether (sulfide) groups is 1. The van der Waals surface area contributed by atoms with Gasteiger partial charge in [-0.3, -0.25) is 4.57 Å². The zero-order chi connectivity index (χ0) is 27.9. The highest BCUT2D eigenvalue weighted by molar-refractivity contribution is 7.98. The molecule has 5 rings (SSSR count). The number of rotatable bonds is 9. The second-order valence-corrected chi connectivity index (χ2v) is 11.6. The topological polar surface area (TPSA) is 71.8 Å². The van der Waals surface area contributed by atoms with E-state index in [1.165, 1.54) is 30.3 Å². The van der Waals surface area contributed by atoms with Gasteiger partial charge in [0, 0.05) is 23.2 Å². The molecule has 1 saturated carbocycles. The van der Waals surface area contributed by atoms with Crippen LogP contribution < -0.4 is 10.6 Å². The molecule has 0 aliphatic heterocycles. The number of aromatic nitrogens is 3. The lowest BCUT2D eigenvalue weighted by Gasteiger charge is -2.25. The Bertz CT molecular complexity index is 1420. The maximum Gasteiger partial charge on any atom is 0.315 e. The molecule has 1 aliphatic carbocycles. The third-order valence-corrected chi connectivity index (χ3v) is 8.43. The molecule has 0 radical (unpaired) electrons. The largest absolute Gasteiger partial charge is 0.335 e. The normalized spacial score (nSPS) is 14.6. The zero-order valence-corrected chi connectivity index (χ0v) is 24.0. The first-order valence-electron chi connectivity index (χ1n) is 13.7. The van der Waals surface area contributed by atoms with Crippen molar-refractivity contribution in [2.75, 3.05) is 0 Å². The van der Waals surface area contributed by atoms with E-state index in [1.807, 2.05) is 60.0 Å². The van der Waals surface area contributed by atoms with E-state index >= 15 is 0 Å². The molecule has 2 amide bonds. The minimum atomic E-state index is -0.447. The van der Waals surface area contributed by atoms with E-state index in [0.717, 1.165) is 48.1 Å². The van der Waals surface area contributed by atoms with Gasteiger partial charge < -0.3 is 10.6 Å². The monoisotopic (exact) mass is 577 g/mol. The van der Waals surface area contributed by atoms with Crippen LogP contribution in [0.5, 0.6) is 0 Å². The number of urea groups is 1. The molecule has 1 aliphatic rings. The number of benzene rings is 3. The molecule has 40 heavy (non-hydrogen) atoms. The molecular weight excluding hydrogens is 545 g/mol. The highest BCUT2D eigenvalue weighted by atomic mass is 35.5. The van der Waals surface area contributed by atoms with Crippen LogP contribution in [0, 0.1) is 12.7 Å². The van der Waals surface area contributed by atoms with Gasteiger partial charge in [-0.1, -0.05) is 91.2 Å². The van der Waals surface area contributed by atoms with E-state index in [-0.39, 0.29) is 17.9 Å². The number of hydrogen-bond acceptors (Lipinski definition) is 4. The molecule has 208 valence electrons. The Hall–Kier alpha value is -3.36. The zero-order valence-electron chi connectivity index (χ0n) is 22.4. The molecule has 1 fully saturated rings. The van der Waals surface area contributed by atoms with Crippen molar-refractivity contribution >= 4 is 29.4 Å². The van der Waals surface area contributed by atoms with Gasteiger partial charge in [-0.15, -0.1) is 10.2 Å². The van der Waals surface area contributed by atoms with Crippen molar-refractivity contribution < 1.29 is 9.18 Å². The minimum absolute atomic E-state index is 0.181. The van der Waals surface area contributed by atoms with E-state index in [4.69, 9.17) is 11.6 Å². The lowest BCUT2D eigenvalue weighted by molar-refractivity contribution is 0.228. The Morgan fingerprint density at radius 1 is 1.02 bits per heavy atom. The highest BCUT2D eigenvalue weighted by Crippen LogP contribution is 2.31. The smallest absolute Gasteiger partial charge is 0.315 e. The SMILES string of the molecule is Cc1ccc(Cl)cc1-n1c(SCc2ccc(F)cc2)nnc1C(Cc1ccccc1)NC(=O)NC1CCCCC1. The molecule has 0 spiro atoms. The van der Waals surface area contributed by atoms with Crippen molar-refractivity contribution in [3.8, 4) is 5.69 Å². The number of carbonyl (C=O) groups is 1. The van der Waals surface area contributed by atoms with Gasteiger partial charge in [0.25, 0.3) is 0 Å². The highest BCUT2D eigenvalue weighted by Gasteiger charge is 2.27. The molecule has 1 aromatic heterocycles. The maximum absolute atomic E-state index is 13.5. The van der Waals surface area contributed by atoms with Gasteiger partial charge in [-0.25, -0.2) is 9.18 Å². The van der Waals surface area contributed by atoms with Crippen molar-refractivity contribution in [1.82, 2.24) is 25.4 Å². The predicted octanol–water partition coefficient (Wildman–Crippen LogP) is 7.58. The van der Waals surface area contributed by atoms with Crippen LogP contribution in [-0.2, 0) is 12.2 Å². The van der Waals surface area contributed by atoms with Crippen molar-refractivity contribution in [3.63, 3.8) is 0 Å². The summed E-state index contributed by atoms with van der Waals surface area (Å²) < 4.78 is 15.4. The van der Waals surface area contributed by atoms with Crippen LogP contribution in [-0.4, -0.2) is 26.8 Å². The van der Waals surface area contributed by atoms with Crippen LogP contribution in [0.25, 0.3) is 5.69 Å². The van der Waals surface area contributed by atoms with Gasteiger partial charge in [0.15, 0.2) is 11.0 Å². The van der Waals surface area contributed by atoms with Gasteiger partial charge in [0.05, 0.1) is 11.7 Å². The maximum atomic E-state index is 13.5. The second kappa shape index (κ2) is 13.3. The Morgan fingerprint density at radius 3 is 2.52 bits per heavy atom. The third kappa shape index (κ3) is 7.23. The second-order valence-electron chi connectivity index (χ2n) is 10.2. The summed E-state index contributed by atoms with van der Waals surface area (Å²) in [7, 11) is 0. The van der Waals surface area contributed by atoms with Crippen LogP contribution in [0.2, 0.25) is 5.02 Å². The van der Waals surface area contributed by atoms with E-state index in [0.29, 0.717) is 28.2 Å². The average Bonchev–Trinajstić information content (AvgIpc) is 3.38. The van der Waals surface area contributed by atoms with Crippen LogP contribution in [0.4, 0.5) is 9.18 Å². The Morgan fingerprint density at radius 2 is 1.77 bits per heavy atom. The average molecular weight is 578 g/mol. The summed E-state index contributed by atoms with van der Waals surface area (Å²) in [6, 6.07) is 21.7. The standard InChI is InChI=1S/C31H33ClFN5OS/c1-21-12-15-24(32)19-28(21)38-29(36-37-31(38)40-20-23-13-16-25(33)17-14-23)27(18-22-8-4-2-5-9-22)35-30(39)34-26-10-6-3-7-11-26/h2,4-5,8-9,12-17,19,26-27H,3,6-7,10-11,18,20H2,1H3,(H2,34,35,39). The Labute approximate surface area is 243 Å². The molecule has 1 atom stereocenters. The van der Waals surface area contributed by atoms with Crippen molar-refractivity contribution in [3.05, 3.63) is 106 Å². The quantitative estimate of drug-likeness (QED) is 0.201. The molecule has 1 heterocycles. The first-order valence-corrected chi connectivity index (χ1v) is 15.0. The summed E-state index contributed by atoms with van der Waals surface area (Å²) in [4.78, 5) is 13.3. The van der Waals surface area contributed by atoms with Gasteiger partial charge in [-0.2, -0.15) is 0 Å². The van der Waals surface area contributed by atoms with E-state index < -0.39 is 6.04 Å². The molecule has 0 saturated heterocycles. The molecule has 4 aromatic rings. The minimum Gasteiger partial charge on any atom is -0.335 e.